The molecule has 0 aliphatic rings. The van der Waals surface area contributed by atoms with Crippen molar-refractivity contribution in [3.63, 3.8) is 0 Å². The molecule has 1 aromatic rings. The van der Waals surface area contributed by atoms with Crippen molar-refractivity contribution >= 4 is 5.91 Å². The molecule has 0 unspecified atom stereocenters. The molecule has 0 aliphatic carbocycles. The summed E-state index contributed by atoms with van der Waals surface area (Å²) in [6, 6.07) is 4.75. The van der Waals surface area contributed by atoms with E-state index in [2.05, 4.69) is 5.32 Å². The monoisotopic (exact) mass is 238 g/mol. The van der Waals surface area contributed by atoms with Crippen LogP contribution in [0, 0.1) is 5.41 Å². The van der Waals surface area contributed by atoms with Gasteiger partial charge >= 0.3 is 0 Å². The number of aromatic hydroxyl groups is 2. The predicted octanol–water partition coefficient (Wildman–Crippen LogP) is 0.699. The van der Waals surface area contributed by atoms with Crippen LogP contribution in [-0.2, 0) is 11.3 Å². The van der Waals surface area contributed by atoms with E-state index in [9.17, 15) is 15.0 Å². The molecule has 0 bridgehead atoms. The second-order valence-electron chi connectivity index (χ2n) is 4.64. The number of phenols is 2. The number of benzene rings is 1. The normalized spacial score (nSPS) is 11.4. The summed E-state index contributed by atoms with van der Waals surface area (Å²) in [6.45, 7) is 4.24. The second kappa shape index (κ2) is 5.05. The molecule has 5 nitrogen and oxygen atoms in total. The minimum absolute atomic E-state index is 0.142. The number of hydrogen-bond acceptors (Lipinski definition) is 4. The maximum Gasteiger partial charge on any atom is 0.224 e. The SMILES string of the molecule is CC(C)(CNCc1cccc(O)c1O)C(N)=O. The Kier molecular flexibility index (Phi) is 3.96. The number of phenolic OH excluding ortho intramolecular Hbond substituents is 2. The Balaban J connectivity index is 2.58. The van der Waals surface area contributed by atoms with Gasteiger partial charge in [0.15, 0.2) is 11.5 Å². The van der Waals surface area contributed by atoms with E-state index < -0.39 is 5.41 Å². The van der Waals surface area contributed by atoms with Crippen LogP contribution in [0.3, 0.4) is 0 Å². The zero-order chi connectivity index (χ0) is 13.1. The van der Waals surface area contributed by atoms with Crippen LogP contribution in [0.5, 0.6) is 11.5 Å². The molecule has 0 radical (unpaired) electrons. The van der Waals surface area contributed by atoms with Gasteiger partial charge in [0.05, 0.1) is 5.41 Å². The molecule has 1 rings (SSSR count). The first-order valence-corrected chi connectivity index (χ1v) is 5.35. The smallest absolute Gasteiger partial charge is 0.224 e. The summed E-state index contributed by atoms with van der Waals surface area (Å²) in [4.78, 5) is 11.1. The number of nitrogens with two attached hydrogens (primary N) is 1. The van der Waals surface area contributed by atoms with Crippen molar-refractivity contribution in [1.82, 2.24) is 5.32 Å². The molecule has 17 heavy (non-hydrogen) atoms. The third-order valence-corrected chi connectivity index (χ3v) is 2.65. The highest BCUT2D eigenvalue weighted by Crippen LogP contribution is 2.28. The van der Waals surface area contributed by atoms with Crippen molar-refractivity contribution in [2.45, 2.75) is 20.4 Å². The molecule has 0 spiro atoms. The highest BCUT2D eigenvalue weighted by molar-refractivity contribution is 5.80. The number of hydrogen-bond donors (Lipinski definition) is 4. The van der Waals surface area contributed by atoms with E-state index in [1.165, 1.54) is 6.07 Å². The molecule has 94 valence electrons. The molecule has 5 heteroatoms. The summed E-state index contributed by atoms with van der Waals surface area (Å²) < 4.78 is 0. The molecular formula is C12H18N2O3. The van der Waals surface area contributed by atoms with Crippen molar-refractivity contribution in [3.8, 4) is 11.5 Å². The Morgan fingerprint density at radius 3 is 2.65 bits per heavy atom. The molecular weight excluding hydrogens is 220 g/mol. The standard InChI is InChI=1S/C12H18N2O3/c1-12(2,11(13)17)7-14-6-8-4-3-5-9(15)10(8)16/h3-5,14-16H,6-7H2,1-2H3,(H2,13,17). The van der Waals surface area contributed by atoms with Crippen LogP contribution in [0.25, 0.3) is 0 Å². The van der Waals surface area contributed by atoms with E-state index in [-0.39, 0.29) is 17.4 Å². The number of nitrogens with one attached hydrogen (secondary N) is 1. The van der Waals surface area contributed by atoms with Crippen LogP contribution in [0.1, 0.15) is 19.4 Å². The minimum Gasteiger partial charge on any atom is -0.504 e. The second-order valence-corrected chi connectivity index (χ2v) is 4.64. The first kappa shape index (κ1) is 13.3. The number of primary amides is 1. The van der Waals surface area contributed by atoms with E-state index in [1.54, 1.807) is 26.0 Å². The van der Waals surface area contributed by atoms with Gasteiger partial charge in [0, 0.05) is 18.7 Å². The van der Waals surface area contributed by atoms with Crippen molar-refractivity contribution in [2.75, 3.05) is 6.54 Å². The lowest BCUT2D eigenvalue weighted by atomic mass is 9.93. The number of carbonyl (C=O) groups excluding carboxylic acids is 1. The van der Waals surface area contributed by atoms with E-state index in [0.29, 0.717) is 18.7 Å². The molecule has 0 saturated carbocycles. The fraction of sp³-hybridized carbons (Fsp3) is 0.417. The van der Waals surface area contributed by atoms with Gasteiger partial charge in [0.2, 0.25) is 5.91 Å². The quantitative estimate of drug-likeness (QED) is 0.568. The van der Waals surface area contributed by atoms with Gasteiger partial charge in [0.1, 0.15) is 0 Å². The third-order valence-electron chi connectivity index (χ3n) is 2.65. The lowest BCUT2D eigenvalue weighted by Crippen LogP contribution is -2.40. The Labute approximate surface area is 100 Å². The molecule has 0 aromatic heterocycles. The summed E-state index contributed by atoms with van der Waals surface area (Å²) >= 11 is 0. The zero-order valence-electron chi connectivity index (χ0n) is 10.0. The molecule has 1 amide bonds. The van der Waals surface area contributed by atoms with Crippen LogP contribution < -0.4 is 11.1 Å². The Morgan fingerprint density at radius 1 is 1.41 bits per heavy atom. The van der Waals surface area contributed by atoms with Crippen LogP contribution in [-0.4, -0.2) is 22.7 Å². The molecule has 1 aromatic carbocycles. The summed E-state index contributed by atoms with van der Waals surface area (Å²) in [5.41, 5.74) is 5.16. The molecule has 0 saturated heterocycles. The average molecular weight is 238 g/mol. The largest absolute Gasteiger partial charge is 0.504 e. The fourth-order valence-corrected chi connectivity index (χ4v) is 1.32. The van der Waals surface area contributed by atoms with Gasteiger partial charge in [-0.3, -0.25) is 4.79 Å². The summed E-state index contributed by atoms with van der Waals surface area (Å²) in [5, 5.41) is 21.9. The fourth-order valence-electron chi connectivity index (χ4n) is 1.32. The lowest BCUT2D eigenvalue weighted by Gasteiger charge is -2.21. The van der Waals surface area contributed by atoms with Crippen LogP contribution >= 0.6 is 0 Å². The van der Waals surface area contributed by atoms with Gasteiger partial charge in [0.25, 0.3) is 0 Å². The van der Waals surface area contributed by atoms with E-state index in [1.807, 2.05) is 0 Å². The van der Waals surface area contributed by atoms with Gasteiger partial charge in [-0.2, -0.15) is 0 Å². The molecule has 0 aliphatic heterocycles. The molecule has 0 atom stereocenters. The van der Waals surface area contributed by atoms with E-state index >= 15 is 0 Å². The Bertz CT molecular complexity index is 416. The summed E-state index contributed by atoms with van der Waals surface area (Å²) in [5.74, 6) is -0.680. The lowest BCUT2D eigenvalue weighted by molar-refractivity contribution is -0.125. The maximum absolute atomic E-state index is 11.1. The summed E-state index contributed by atoms with van der Waals surface area (Å²) in [6.07, 6.45) is 0. The molecule has 5 N–H and O–H groups in total. The number of amides is 1. The van der Waals surface area contributed by atoms with Gasteiger partial charge in [-0.15, -0.1) is 0 Å². The minimum atomic E-state index is -0.646. The maximum atomic E-state index is 11.1. The highest BCUT2D eigenvalue weighted by atomic mass is 16.3. The molecule has 0 heterocycles. The van der Waals surface area contributed by atoms with Crippen molar-refractivity contribution in [3.05, 3.63) is 23.8 Å². The van der Waals surface area contributed by atoms with E-state index in [4.69, 9.17) is 5.73 Å². The highest BCUT2D eigenvalue weighted by Gasteiger charge is 2.24. The van der Waals surface area contributed by atoms with Crippen LogP contribution in [0.2, 0.25) is 0 Å². The first-order valence-electron chi connectivity index (χ1n) is 5.35. The van der Waals surface area contributed by atoms with Crippen molar-refractivity contribution < 1.29 is 15.0 Å². The third kappa shape index (κ3) is 3.35. The Hall–Kier alpha value is -1.75. The van der Waals surface area contributed by atoms with Crippen LogP contribution in [0.15, 0.2) is 18.2 Å². The van der Waals surface area contributed by atoms with Crippen LogP contribution in [0.4, 0.5) is 0 Å². The van der Waals surface area contributed by atoms with E-state index in [0.717, 1.165) is 0 Å². The zero-order valence-corrected chi connectivity index (χ0v) is 10.0. The average Bonchev–Trinajstić information content (AvgIpc) is 2.24. The first-order chi connectivity index (χ1) is 7.84. The topological polar surface area (TPSA) is 95.6 Å². The summed E-state index contributed by atoms with van der Waals surface area (Å²) in [7, 11) is 0. The number of rotatable bonds is 5. The predicted molar refractivity (Wildman–Crippen MR) is 64.5 cm³/mol. The molecule has 0 fully saturated rings. The van der Waals surface area contributed by atoms with Gasteiger partial charge in [-0.25, -0.2) is 0 Å². The number of carbonyl (C=O) groups is 1. The van der Waals surface area contributed by atoms with Crippen molar-refractivity contribution in [2.24, 2.45) is 11.1 Å². The van der Waals surface area contributed by atoms with Gasteiger partial charge in [-0.1, -0.05) is 12.1 Å². The number of para-hydroxylation sites is 1. The Morgan fingerprint density at radius 2 is 2.06 bits per heavy atom. The van der Waals surface area contributed by atoms with Gasteiger partial charge in [-0.05, 0) is 19.9 Å². The van der Waals surface area contributed by atoms with Crippen molar-refractivity contribution in [1.29, 1.82) is 0 Å². The van der Waals surface area contributed by atoms with Gasteiger partial charge < -0.3 is 21.3 Å².